The number of unbranched alkanes of at least 4 members (excludes halogenated alkanes) is 16. The van der Waals surface area contributed by atoms with Crippen LogP contribution in [0.5, 0.6) is 0 Å². The molecular formula is C44H78O6. The van der Waals surface area contributed by atoms with E-state index in [9.17, 15) is 14.7 Å². The van der Waals surface area contributed by atoms with Crippen molar-refractivity contribution in [2.24, 2.45) is 5.92 Å². The Labute approximate surface area is 308 Å². The zero-order valence-electron chi connectivity index (χ0n) is 32.8. The Bertz CT molecular complexity index is 880. The molecule has 0 bridgehead atoms. The summed E-state index contributed by atoms with van der Waals surface area (Å²) in [6.07, 6.45) is 43.8. The van der Waals surface area contributed by atoms with Gasteiger partial charge in [0.2, 0.25) is 0 Å². The molecule has 50 heavy (non-hydrogen) atoms. The van der Waals surface area contributed by atoms with Gasteiger partial charge in [-0.15, -0.1) is 0 Å². The molecule has 1 fully saturated rings. The van der Waals surface area contributed by atoms with E-state index in [0.29, 0.717) is 31.5 Å². The zero-order chi connectivity index (χ0) is 36.3. The van der Waals surface area contributed by atoms with Gasteiger partial charge in [-0.3, -0.25) is 9.59 Å². The lowest BCUT2D eigenvalue weighted by atomic mass is 9.99. The van der Waals surface area contributed by atoms with Crippen LogP contribution in [0, 0.1) is 5.92 Å². The lowest BCUT2D eigenvalue weighted by molar-refractivity contribution is -0.152. The van der Waals surface area contributed by atoms with Crippen molar-refractivity contribution in [1.29, 1.82) is 0 Å². The molecule has 4 atom stereocenters. The number of aliphatic hydroxyl groups excluding tert-OH is 1. The van der Waals surface area contributed by atoms with E-state index in [-0.39, 0.29) is 25.2 Å². The molecule has 0 aromatic heterocycles. The highest BCUT2D eigenvalue weighted by atomic mass is 16.6. The van der Waals surface area contributed by atoms with E-state index in [2.05, 4.69) is 57.2 Å². The fourth-order valence-corrected chi connectivity index (χ4v) is 6.15. The van der Waals surface area contributed by atoms with Gasteiger partial charge in [-0.1, -0.05) is 173 Å². The van der Waals surface area contributed by atoms with E-state index < -0.39 is 6.10 Å². The molecule has 3 unspecified atom stereocenters. The molecule has 0 aromatic rings. The van der Waals surface area contributed by atoms with Crippen LogP contribution < -0.4 is 0 Å². The maximum absolute atomic E-state index is 12.0. The van der Waals surface area contributed by atoms with Crippen molar-refractivity contribution in [3.63, 3.8) is 0 Å². The van der Waals surface area contributed by atoms with Gasteiger partial charge in [0.1, 0.15) is 19.3 Å². The van der Waals surface area contributed by atoms with Gasteiger partial charge in [0.15, 0.2) is 0 Å². The summed E-state index contributed by atoms with van der Waals surface area (Å²) in [6.45, 7) is 6.62. The molecule has 1 aliphatic heterocycles. The van der Waals surface area contributed by atoms with Crippen molar-refractivity contribution >= 4 is 11.9 Å². The molecule has 6 heteroatoms. The number of aliphatic hydroxyl groups is 1. The molecule has 0 saturated carbocycles. The summed E-state index contributed by atoms with van der Waals surface area (Å²) >= 11 is 0. The highest BCUT2D eigenvalue weighted by Gasteiger charge is 2.36. The van der Waals surface area contributed by atoms with Crippen molar-refractivity contribution in [2.45, 2.75) is 212 Å². The number of ether oxygens (including phenoxy) is 3. The number of epoxide rings is 1. The van der Waals surface area contributed by atoms with Crippen molar-refractivity contribution in [3.8, 4) is 0 Å². The van der Waals surface area contributed by atoms with Crippen LogP contribution in [0.3, 0.4) is 0 Å². The van der Waals surface area contributed by atoms with Crippen LogP contribution in [-0.2, 0) is 23.8 Å². The van der Waals surface area contributed by atoms with E-state index >= 15 is 0 Å². The van der Waals surface area contributed by atoms with Gasteiger partial charge in [0.25, 0.3) is 0 Å². The third-order valence-corrected chi connectivity index (χ3v) is 9.84. The van der Waals surface area contributed by atoms with Gasteiger partial charge in [-0.2, -0.15) is 0 Å². The van der Waals surface area contributed by atoms with Gasteiger partial charge in [0.05, 0.1) is 12.2 Å². The summed E-state index contributed by atoms with van der Waals surface area (Å²) in [5.74, 6) is 0.270. The van der Waals surface area contributed by atoms with Gasteiger partial charge < -0.3 is 19.3 Å². The van der Waals surface area contributed by atoms with Crippen LogP contribution in [0.15, 0.2) is 36.5 Å². The van der Waals surface area contributed by atoms with Gasteiger partial charge in [-0.05, 0) is 50.9 Å². The number of rotatable bonds is 36. The third kappa shape index (κ3) is 30.9. The second-order valence-electron chi connectivity index (χ2n) is 14.7. The minimum Gasteiger partial charge on any atom is -0.463 e. The van der Waals surface area contributed by atoms with Crippen LogP contribution in [0.2, 0.25) is 0 Å². The maximum Gasteiger partial charge on any atom is 0.305 e. The summed E-state index contributed by atoms with van der Waals surface area (Å²) < 4.78 is 16.0. The lowest BCUT2D eigenvalue weighted by Gasteiger charge is -2.12. The maximum atomic E-state index is 12.0. The second-order valence-corrected chi connectivity index (χ2v) is 14.7. The van der Waals surface area contributed by atoms with Gasteiger partial charge in [0, 0.05) is 12.8 Å². The molecule has 1 rings (SSSR count). The van der Waals surface area contributed by atoms with Crippen molar-refractivity contribution in [1.82, 2.24) is 0 Å². The van der Waals surface area contributed by atoms with Gasteiger partial charge >= 0.3 is 11.9 Å². The largest absolute Gasteiger partial charge is 0.463 e. The zero-order valence-corrected chi connectivity index (χ0v) is 32.8. The highest BCUT2D eigenvalue weighted by molar-refractivity contribution is 5.69. The first-order valence-corrected chi connectivity index (χ1v) is 21.1. The summed E-state index contributed by atoms with van der Waals surface area (Å²) in [7, 11) is 0. The summed E-state index contributed by atoms with van der Waals surface area (Å²) in [5, 5.41) is 10.0. The van der Waals surface area contributed by atoms with Crippen LogP contribution >= 0.6 is 0 Å². The van der Waals surface area contributed by atoms with Crippen LogP contribution in [0.4, 0.5) is 0 Å². The van der Waals surface area contributed by atoms with Crippen LogP contribution in [0.25, 0.3) is 0 Å². The van der Waals surface area contributed by atoms with E-state index in [1.807, 2.05) is 0 Å². The number of esters is 2. The molecule has 0 radical (unpaired) electrons. The molecule has 1 aliphatic rings. The van der Waals surface area contributed by atoms with Crippen molar-refractivity contribution in [3.05, 3.63) is 36.5 Å². The summed E-state index contributed by atoms with van der Waals surface area (Å²) in [6, 6.07) is 0. The topological polar surface area (TPSA) is 85.4 Å². The predicted molar refractivity (Wildman–Crippen MR) is 209 cm³/mol. The van der Waals surface area contributed by atoms with Crippen LogP contribution in [0.1, 0.15) is 194 Å². The fourth-order valence-electron chi connectivity index (χ4n) is 6.15. The normalized spacial score (nSPS) is 17.2. The molecule has 0 aliphatic carbocycles. The van der Waals surface area contributed by atoms with Crippen LogP contribution in [-0.4, -0.2) is 48.6 Å². The number of carbonyl (C=O) groups excluding carboxylic acids is 2. The Morgan fingerprint density at radius 2 is 1.12 bits per heavy atom. The van der Waals surface area contributed by atoms with E-state index in [1.165, 1.54) is 109 Å². The van der Waals surface area contributed by atoms with Gasteiger partial charge in [-0.25, -0.2) is 0 Å². The molecule has 0 aromatic carbocycles. The minimum absolute atomic E-state index is 0.134. The van der Waals surface area contributed by atoms with E-state index in [0.717, 1.165) is 50.9 Å². The average Bonchev–Trinajstić information content (AvgIpc) is 3.87. The predicted octanol–water partition coefficient (Wildman–Crippen LogP) is 12.1. The van der Waals surface area contributed by atoms with Crippen molar-refractivity contribution < 1.29 is 28.9 Å². The Morgan fingerprint density at radius 1 is 0.620 bits per heavy atom. The molecule has 1 saturated heterocycles. The molecule has 0 amide bonds. The third-order valence-electron chi connectivity index (χ3n) is 9.84. The molecule has 290 valence electrons. The van der Waals surface area contributed by atoms with E-state index in [1.54, 1.807) is 0 Å². The number of allylic oxidation sites excluding steroid dienone is 5. The Kier molecular flexibility index (Phi) is 31.5. The molecule has 0 spiro atoms. The Hall–Kier alpha value is -1.92. The number of hydrogen-bond donors (Lipinski definition) is 1. The number of carbonyl (C=O) groups is 2. The highest BCUT2D eigenvalue weighted by Crippen LogP contribution is 2.30. The SMILES string of the molecule is CCCCCC1OC1C/C=C\C/C=C\C/C=C\CCCC(=O)OC[C@@H](O)COC(=O)CCCCCCCCCCCCCCCCC(C)CC. The molecule has 6 nitrogen and oxygen atoms in total. The first-order valence-electron chi connectivity index (χ1n) is 21.1. The average molecular weight is 703 g/mol. The standard InChI is InChI=1S/C44H78O6/c1-4-6-27-33-41-42(50-41)34-29-24-20-16-13-14-18-22-26-31-36-44(47)49-38-40(45)37-48-43(46)35-30-25-21-17-12-10-8-7-9-11-15-19-23-28-32-39(3)5-2/h13,16,18,22,24,29,39-42,45H,4-12,14-15,17,19-21,23,25-28,30-38H2,1-3H3/b16-13-,22-18-,29-24-/t39?,40-,41?,42?/m0/s1. The first-order chi connectivity index (χ1) is 24.5. The summed E-state index contributed by atoms with van der Waals surface area (Å²) in [4.78, 5) is 24.0. The Balaban J connectivity index is 1.83. The number of hydrogen-bond acceptors (Lipinski definition) is 6. The Morgan fingerprint density at radius 3 is 1.68 bits per heavy atom. The fraction of sp³-hybridized carbons (Fsp3) is 0.818. The quantitative estimate of drug-likeness (QED) is 0.0303. The van der Waals surface area contributed by atoms with E-state index in [4.69, 9.17) is 14.2 Å². The minimum atomic E-state index is -0.988. The molecular weight excluding hydrogens is 624 g/mol. The first kappa shape index (κ1) is 46.1. The lowest BCUT2D eigenvalue weighted by Crippen LogP contribution is -2.25. The molecule has 1 heterocycles. The smallest absolute Gasteiger partial charge is 0.305 e. The summed E-state index contributed by atoms with van der Waals surface area (Å²) in [5.41, 5.74) is 0. The molecule has 1 N–H and O–H groups in total. The second kappa shape index (κ2) is 34.2. The van der Waals surface area contributed by atoms with Crippen molar-refractivity contribution in [2.75, 3.05) is 13.2 Å². The monoisotopic (exact) mass is 703 g/mol.